The molecule has 0 radical (unpaired) electrons. The first kappa shape index (κ1) is 15.4. The maximum atomic E-state index is 13.0. The summed E-state index contributed by atoms with van der Waals surface area (Å²) in [4.78, 5) is 1.96. The Bertz CT molecular complexity index is 574. The lowest BCUT2D eigenvalue weighted by Crippen LogP contribution is -2.31. The van der Waals surface area contributed by atoms with Crippen molar-refractivity contribution in [2.75, 3.05) is 31.1 Å². The largest absolute Gasteiger partial charge is 0.387 e. The van der Waals surface area contributed by atoms with Gasteiger partial charge in [0, 0.05) is 13.1 Å². The molecule has 1 aromatic rings. The van der Waals surface area contributed by atoms with E-state index in [1.54, 1.807) is 13.0 Å². The second-order valence-electron chi connectivity index (χ2n) is 5.32. The molecule has 6 heteroatoms. The summed E-state index contributed by atoms with van der Waals surface area (Å²) < 4.78 is 36.1. The van der Waals surface area contributed by atoms with E-state index in [0.29, 0.717) is 37.2 Å². The highest BCUT2D eigenvalue weighted by atomic mass is 32.2. The Kier molecular flexibility index (Phi) is 4.78. The van der Waals surface area contributed by atoms with Crippen molar-refractivity contribution in [3.05, 3.63) is 35.1 Å². The monoisotopic (exact) mass is 301 g/mol. The molecule has 2 rings (SSSR count). The van der Waals surface area contributed by atoms with Crippen molar-refractivity contribution in [1.29, 1.82) is 0 Å². The molecule has 0 saturated carbocycles. The minimum atomic E-state index is -2.94. The maximum absolute atomic E-state index is 13.0. The van der Waals surface area contributed by atoms with E-state index >= 15 is 0 Å². The average molecular weight is 301 g/mol. The highest BCUT2D eigenvalue weighted by molar-refractivity contribution is 7.91. The van der Waals surface area contributed by atoms with Crippen LogP contribution >= 0.6 is 0 Å². The van der Waals surface area contributed by atoms with Crippen LogP contribution in [0.15, 0.2) is 18.2 Å². The average Bonchev–Trinajstić information content (AvgIpc) is 2.51. The van der Waals surface area contributed by atoms with Gasteiger partial charge in [-0.1, -0.05) is 6.07 Å². The van der Waals surface area contributed by atoms with Gasteiger partial charge in [0.1, 0.15) is 5.82 Å². The number of sulfone groups is 1. The van der Waals surface area contributed by atoms with Crippen molar-refractivity contribution in [3.63, 3.8) is 0 Å². The standard InChI is InChI=1S/C14H20FNO3S/c1-11-9-12(15)3-4-13(11)14(17)10-16-5-2-7-20(18,19)8-6-16/h3-4,9,14,17H,2,5-8,10H2,1H3. The molecule has 1 fully saturated rings. The minimum absolute atomic E-state index is 0.141. The molecule has 0 aromatic heterocycles. The quantitative estimate of drug-likeness (QED) is 0.914. The van der Waals surface area contributed by atoms with E-state index in [4.69, 9.17) is 0 Å². The predicted molar refractivity (Wildman–Crippen MR) is 75.8 cm³/mol. The zero-order chi connectivity index (χ0) is 14.8. The van der Waals surface area contributed by atoms with Gasteiger partial charge >= 0.3 is 0 Å². The molecule has 0 aliphatic carbocycles. The molecule has 1 heterocycles. The second kappa shape index (κ2) is 6.20. The number of aliphatic hydroxyl groups is 1. The number of aryl methyl sites for hydroxylation is 1. The molecular formula is C14H20FNO3S. The fraction of sp³-hybridized carbons (Fsp3) is 0.571. The number of halogens is 1. The molecule has 0 spiro atoms. The van der Waals surface area contributed by atoms with Crippen LogP contribution in [0.5, 0.6) is 0 Å². The molecule has 0 amide bonds. The molecular weight excluding hydrogens is 281 g/mol. The molecule has 1 aliphatic heterocycles. The first-order chi connectivity index (χ1) is 9.37. The van der Waals surface area contributed by atoms with E-state index in [1.807, 2.05) is 4.90 Å². The highest BCUT2D eigenvalue weighted by Crippen LogP contribution is 2.20. The molecule has 1 aliphatic rings. The van der Waals surface area contributed by atoms with Crippen molar-refractivity contribution < 1.29 is 17.9 Å². The van der Waals surface area contributed by atoms with Gasteiger partial charge < -0.3 is 5.11 Å². The highest BCUT2D eigenvalue weighted by Gasteiger charge is 2.21. The third-order valence-electron chi connectivity index (χ3n) is 3.67. The fourth-order valence-electron chi connectivity index (χ4n) is 2.53. The lowest BCUT2D eigenvalue weighted by molar-refractivity contribution is 0.117. The van der Waals surface area contributed by atoms with E-state index in [9.17, 15) is 17.9 Å². The zero-order valence-electron chi connectivity index (χ0n) is 11.5. The van der Waals surface area contributed by atoms with Crippen LogP contribution in [0.4, 0.5) is 4.39 Å². The van der Waals surface area contributed by atoms with Crippen LogP contribution in [0.1, 0.15) is 23.7 Å². The van der Waals surface area contributed by atoms with E-state index in [-0.39, 0.29) is 17.3 Å². The van der Waals surface area contributed by atoms with E-state index in [2.05, 4.69) is 0 Å². The SMILES string of the molecule is Cc1cc(F)ccc1C(O)CN1CCCS(=O)(=O)CC1. The lowest BCUT2D eigenvalue weighted by Gasteiger charge is -2.23. The molecule has 1 atom stereocenters. The van der Waals surface area contributed by atoms with Crippen molar-refractivity contribution in [3.8, 4) is 0 Å². The molecule has 1 saturated heterocycles. The molecule has 1 aromatic carbocycles. The van der Waals surface area contributed by atoms with Crippen molar-refractivity contribution in [2.45, 2.75) is 19.4 Å². The molecule has 4 nitrogen and oxygen atoms in total. The van der Waals surface area contributed by atoms with Crippen LogP contribution in [-0.2, 0) is 9.84 Å². The van der Waals surface area contributed by atoms with Crippen LogP contribution in [0.3, 0.4) is 0 Å². The van der Waals surface area contributed by atoms with Gasteiger partial charge in [0.2, 0.25) is 0 Å². The summed E-state index contributed by atoms with van der Waals surface area (Å²) in [5.74, 6) is 0.0383. The Morgan fingerprint density at radius 3 is 2.80 bits per heavy atom. The molecule has 20 heavy (non-hydrogen) atoms. The van der Waals surface area contributed by atoms with Crippen LogP contribution in [0.2, 0.25) is 0 Å². The summed E-state index contributed by atoms with van der Waals surface area (Å²) in [5, 5.41) is 10.3. The first-order valence-corrected chi connectivity index (χ1v) is 8.56. The predicted octanol–water partition coefficient (Wildman–Crippen LogP) is 1.29. The number of nitrogens with zero attached hydrogens (tertiary/aromatic N) is 1. The Morgan fingerprint density at radius 2 is 2.10 bits per heavy atom. The van der Waals surface area contributed by atoms with Gasteiger partial charge in [0.15, 0.2) is 9.84 Å². The number of β-amino-alcohol motifs (C(OH)–C–C–N with tert-alkyl or cyclic N) is 1. The van der Waals surface area contributed by atoms with Crippen molar-refractivity contribution in [2.24, 2.45) is 0 Å². The van der Waals surface area contributed by atoms with Gasteiger partial charge in [0.25, 0.3) is 0 Å². The Balaban J connectivity index is 2.02. The van der Waals surface area contributed by atoms with Crippen molar-refractivity contribution >= 4 is 9.84 Å². The third kappa shape index (κ3) is 4.01. The number of benzene rings is 1. The first-order valence-electron chi connectivity index (χ1n) is 6.74. The number of aliphatic hydroxyl groups excluding tert-OH is 1. The second-order valence-corrected chi connectivity index (χ2v) is 7.63. The van der Waals surface area contributed by atoms with Crippen LogP contribution in [-0.4, -0.2) is 49.6 Å². The van der Waals surface area contributed by atoms with Gasteiger partial charge in [-0.25, -0.2) is 12.8 Å². The van der Waals surface area contributed by atoms with Gasteiger partial charge in [-0.05, 0) is 43.1 Å². The summed E-state index contributed by atoms with van der Waals surface area (Å²) in [6.45, 7) is 3.24. The fourth-order valence-corrected chi connectivity index (χ4v) is 3.84. The normalized spacial score (nSPS) is 21.4. The Morgan fingerprint density at radius 1 is 1.35 bits per heavy atom. The third-order valence-corrected chi connectivity index (χ3v) is 5.39. The Hall–Kier alpha value is -0.980. The summed E-state index contributed by atoms with van der Waals surface area (Å²) in [7, 11) is -2.94. The topological polar surface area (TPSA) is 57.6 Å². The summed E-state index contributed by atoms with van der Waals surface area (Å²) in [6.07, 6.45) is -0.131. The van der Waals surface area contributed by atoms with Gasteiger partial charge in [-0.3, -0.25) is 4.90 Å². The van der Waals surface area contributed by atoms with Crippen LogP contribution in [0, 0.1) is 12.7 Å². The number of rotatable bonds is 3. The molecule has 1 unspecified atom stereocenters. The maximum Gasteiger partial charge on any atom is 0.151 e. The van der Waals surface area contributed by atoms with Crippen LogP contribution < -0.4 is 0 Å². The number of hydrogen-bond donors (Lipinski definition) is 1. The van der Waals surface area contributed by atoms with E-state index < -0.39 is 15.9 Å². The number of hydrogen-bond acceptors (Lipinski definition) is 4. The van der Waals surface area contributed by atoms with E-state index in [1.165, 1.54) is 12.1 Å². The minimum Gasteiger partial charge on any atom is -0.387 e. The van der Waals surface area contributed by atoms with Gasteiger partial charge in [0.05, 0.1) is 17.6 Å². The zero-order valence-corrected chi connectivity index (χ0v) is 12.4. The lowest BCUT2D eigenvalue weighted by atomic mass is 10.0. The summed E-state index contributed by atoms with van der Waals surface area (Å²) in [6, 6.07) is 4.31. The van der Waals surface area contributed by atoms with E-state index in [0.717, 1.165) is 0 Å². The van der Waals surface area contributed by atoms with Gasteiger partial charge in [-0.2, -0.15) is 0 Å². The smallest absolute Gasteiger partial charge is 0.151 e. The van der Waals surface area contributed by atoms with Crippen molar-refractivity contribution in [1.82, 2.24) is 4.90 Å². The molecule has 1 N–H and O–H groups in total. The van der Waals surface area contributed by atoms with Crippen LogP contribution in [0.25, 0.3) is 0 Å². The summed E-state index contributed by atoms with van der Waals surface area (Å²) in [5.41, 5.74) is 1.40. The molecule has 112 valence electrons. The van der Waals surface area contributed by atoms with Gasteiger partial charge in [-0.15, -0.1) is 0 Å². The molecule has 0 bridgehead atoms. The Labute approximate surface area is 119 Å². The summed E-state index contributed by atoms with van der Waals surface area (Å²) >= 11 is 0.